The Kier molecular flexibility index (Phi) is 5.61. The molecule has 0 aromatic carbocycles. The fourth-order valence-electron chi connectivity index (χ4n) is 1.24. The van der Waals surface area contributed by atoms with Crippen LogP contribution in [0.5, 0.6) is 0 Å². The van der Waals surface area contributed by atoms with E-state index in [-0.39, 0.29) is 23.5 Å². The van der Waals surface area contributed by atoms with E-state index in [2.05, 4.69) is 5.32 Å². The molecule has 7 nitrogen and oxygen atoms in total. The third-order valence-electron chi connectivity index (χ3n) is 2.01. The molecule has 1 rings (SSSR count). The van der Waals surface area contributed by atoms with Crippen molar-refractivity contribution in [2.45, 2.75) is 0 Å². The van der Waals surface area contributed by atoms with E-state index >= 15 is 0 Å². The summed E-state index contributed by atoms with van der Waals surface area (Å²) in [5.74, 6) is -1.16. The second kappa shape index (κ2) is 7.00. The molecule has 2 N–H and O–H groups in total. The van der Waals surface area contributed by atoms with Gasteiger partial charge in [0.1, 0.15) is 6.61 Å². The lowest BCUT2D eigenvalue weighted by Gasteiger charge is -2.12. The first-order valence-corrected chi connectivity index (χ1v) is 6.23. The van der Waals surface area contributed by atoms with E-state index in [1.165, 1.54) is 4.90 Å². The van der Waals surface area contributed by atoms with Crippen LogP contribution in [-0.2, 0) is 14.3 Å². The molecule has 1 fully saturated rings. The zero-order chi connectivity index (χ0) is 12.7. The maximum absolute atomic E-state index is 11.2. The van der Waals surface area contributed by atoms with E-state index in [1.807, 2.05) is 0 Å². The SMILES string of the molecule is O=C(O)CSCC(=O)NCCN1CCOC1=O. The highest BCUT2D eigenvalue weighted by molar-refractivity contribution is 8.00. The van der Waals surface area contributed by atoms with Gasteiger partial charge in [-0.05, 0) is 0 Å². The van der Waals surface area contributed by atoms with Gasteiger partial charge in [-0.3, -0.25) is 9.59 Å². The monoisotopic (exact) mass is 262 g/mol. The summed E-state index contributed by atoms with van der Waals surface area (Å²) in [6, 6.07) is 0. The maximum atomic E-state index is 11.2. The second-order valence-corrected chi connectivity index (χ2v) is 4.32. The molecule has 0 aromatic heterocycles. The minimum absolute atomic E-state index is 0.0914. The number of carboxylic acid groups (broad SMARTS) is 1. The number of nitrogens with one attached hydrogen (secondary N) is 1. The molecule has 1 saturated heterocycles. The van der Waals surface area contributed by atoms with Crippen molar-refractivity contribution in [3.8, 4) is 0 Å². The normalized spacial score (nSPS) is 14.6. The average Bonchev–Trinajstić information content (AvgIpc) is 2.64. The van der Waals surface area contributed by atoms with Crippen molar-refractivity contribution in [2.24, 2.45) is 0 Å². The van der Waals surface area contributed by atoms with Crippen LogP contribution in [0, 0.1) is 0 Å². The van der Waals surface area contributed by atoms with Gasteiger partial charge in [0.25, 0.3) is 0 Å². The Morgan fingerprint density at radius 1 is 1.47 bits per heavy atom. The van der Waals surface area contributed by atoms with E-state index in [9.17, 15) is 14.4 Å². The van der Waals surface area contributed by atoms with Gasteiger partial charge in [0.2, 0.25) is 5.91 Å². The van der Waals surface area contributed by atoms with Gasteiger partial charge in [-0.1, -0.05) is 0 Å². The Hall–Kier alpha value is -1.44. The summed E-state index contributed by atoms with van der Waals surface area (Å²) in [7, 11) is 0. The number of cyclic esters (lactones) is 1. The Labute approximate surface area is 102 Å². The average molecular weight is 262 g/mol. The third kappa shape index (κ3) is 5.43. The minimum Gasteiger partial charge on any atom is -0.481 e. The number of carboxylic acids is 1. The molecular weight excluding hydrogens is 248 g/mol. The quantitative estimate of drug-likeness (QED) is 0.634. The molecule has 0 atom stereocenters. The topological polar surface area (TPSA) is 95.9 Å². The Morgan fingerprint density at radius 2 is 2.24 bits per heavy atom. The summed E-state index contributed by atoms with van der Waals surface area (Å²) in [6.07, 6.45) is -0.362. The van der Waals surface area contributed by atoms with E-state index in [0.29, 0.717) is 26.2 Å². The zero-order valence-electron chi connectivity index (χ0n) is 9.18. The summed E-state index contributed by atoms with van der Waals surface area (Å²) >= 11 is 1.04. The minimum atomic E-state index is -0.942. The largest absolute Gasteiger partial charge is 0.481 e. The summed E-state index contributed by atoms with van der Waals surface area (Å²) in [5, 5.41) is 11.0. The summed E-state index contributed by atoms with van der Waals surface area (Å²) < 4.78 is 4.72. The first-order valence-electron chi connectivity index (χ1n) is 5.07. The number of hydrogen-bond acceptors (Lipinski definition) is 5. The molecule has 0 aromatic rings. The van der Waals surface area contributed by atoms with Crippen LogP contribution in [0.3, 0.4) is 0 Å². The molecule has 0 unspecified atom stereocenters. The number of thioether (sulfide) groups is 1. The zero-order valence-corrected chi connectivity index (χ0v) is 9.99. The molecule has 0 spiro atoms. The van der Waals surface area contributed by atoms with Gasteiger partial charge >= 0.3 is 12.1 Å². The lowest BCUT2D eigenvalue weighted by Crippen LogP contribution is -2.36. The smallest absolute Gasteiger partial charge is 0.409 e. The molecule has 1 heterocycles. The Morgan fingerprint density at radius 3 is 2.82 bits per heavy atom. The summed E-state index contributed by atoms with van der Waals surface area (Å²) in [4.78, 5) is 33.9. The van der Waals surface area contributed by atoms with Gasteiger partial charge in [-0.2, -0.15) is 0 Å². The highest BCUT2D eigenvalue weighted by Gasteiger charge is 2.20. The molecule has 17 heavy (non-hydrogen) atoms. The number of carbonyl (C=O) groups is 3. The van der Waals surface area contributed by atoms with Gasteiger partial charge in [0.05, 0.1) is 18.1 Å². The van der Waals surface area contributed by atoms with Crippen molar-refractivity contribution in [3.05, 3.63) is 0 Å². The number of nitrogens with zero attached hydrogens (tertiary/aromatic N) is 1. The highest BCUT2D eigenvalue weighted by atomic mass is 32.2. The highest BCUT2D eigenvalue weighted by Crippen LogP contribution is 2.01. The van der Waals surface area contributed by atoms with Crippen LogP contribution < -0.4 is 5.32 Å². The van der Waals surface area contributed by atoms with Gasteiger partial charge in [0, 0.05) is 13.1 Å². The fourth-order valence-corrected chi connectivity index (χ4v) is 1.81. The molecule has 0 bridgehead atoms. The molecular formula is C9H14N2O5S. The van der Waals surface area contributed by atoms with Crippen molar-refractivity contribution >= 4 is 29.7 Å². The molecule has 1 aliphatic heterocycles. The van der Waals surface area contributed by atoms with Crippen LogP contribution in [-0.4, -0.2) is 65.7 Å². The molecule has 2 amide bonds. The third-order valence-corrected chi connectivity index (χ3v) is 2.92. The van der Waals surface area contributed by atoms with Crippen LogP contribution in [0.15, 0.2) is 0 Å². The number of ether oxygens (including phenoxy) is 1. The number of amides is 2. The standard InChI is InChI=1S/C9H14N2O5S/c12-7(5-17-6-8(13)14)10-1-2-11-3-4-16-9(11)15/h1-6H2,(H,10,12)(H,13,14). The van der Waals surface area contributed by atoms with Crippen molar-refractivity contribution < 1.29 is 24.2 Å². The molecule has 0 saturated carbocycles. The predicted molar refractivity (Wildman–Crippen MR) is 60.9 cm³/mol. The molecule has 8 heteroatoms. The summed E-state index contributed by atoms with van der Waals surface area (Å²) in [5.41, 5.74) is 0. The van der Waals surface area contributed by atoms with Crippen LogP contribution in [0.25, 0.3) is 0 Å². The molecule has 0 radical (unpaired) electrons. The first-order chi connectivity index (χ1) is 8.09. The second-order valence-electron chi connectivity index (χ2n) is 3.34. The van der Waals surface area contributed by atoms with Crippen LogP contribution >= 0.6 is 11.8 Å². The van der Waals surface area contributed by atoms with Crippen molar-refractivity contribution in [1.82, 2.24) is 10.2 Å². The lowest BCUT2D eigenvalue weighted by atomic mass is 10.5. The summed E-state index contributed by atoms with van der Waals surface area (Å²) in [6.45, 7) is 1.69. The lowest BCUT2D eigenvalue weighted by molar-refractivity contribution is -0.133. The maximum Gasteiger partial charge on any atom is 0.409 e. The van der Waals surface area contributed by atoms with Crippen LogP contribution in [0.1, 0.15) is 0 Å². The van der Waals surface area contributed by atoms with Crippen molar-refractivity contribution in [3.63, 3.8) is 0 Å². The Balaban J connectivity index is 2.03. The van der Waals surface area contributed by atoms with Gasteiger partial charge in [-0.15, -0.1) is 11.8 Å². The first kappa shape index (κ1) is 13.6. The van der Waals surface area contributed by atoms with Gasteiger partial charge < -0.3 is 20.1 Å². The molecule has 1 aliphatic rings. The van der Waals surface area contributed by atoms with Crippen molar-refractivity contribution in [2.75, 3.05) is 37.7 Å². The van der Waals surface area contributed by atoms with Crippen LogP contribution in [0.4, 0.5) is 4.79 Å². The fraction of sp³-hybridized carbons (Fsp3) is 0.667. The van der Waals surface area contributed by atoms with E-state index in [1.54, 1.807) is 0 Å². The van der Waals surface area contributed by atoms with E-state index in [0.717, 1.165) is 11.8 Å². The Bertz CT molecular complexity index is 310. The van der Waals surface area contributed by atoms with Gasteiger partial charge in [-0.25, -0.2) is 4.79 Å². The van der Waals surface area contributed by atoms with E-state index < -0.39 is 5.97 Å². The number of aliphatic carboxylic acids is 1. The van der Waals surface area contributed by atoms with Gasteiger partial charge in [0.15, 0.2) is 0 Å². The number of carbonyl (C=O) groups excluding carboxylic acids is 2. The predicted octanol–water partition coefficient (Wildman–Crippen LogP) is -0.627. The van der Waals surface area contributed by atoms with Crippen LogP contribution in [0.2, 0.25) is 0 Å². The van der Waals surface area contributed by atoms with Crippen molar-refractivity contribution in [1.29, 1.82) is 0 Å². The van der Waals surface area contributed by atoms with E-state index in [4.69, 9.17) is 9.84 Å². The number of rotatable bonds is 7. The molecule has 96 valence electrons. The number of hydrogen-bond donors (Lipinski definition) is 2. The molecule has 0 aliphatic carbocycles.